The van der Waals surface area contributed by atoms with Crippen LogP contribution < -0.4 is 4.74 Å². The molecule has 0 spiro atoms. The van der Waals surface area contributed by atoms with Gasteiger partial charge >= 0.3 is 5.97 Å². The number of carbonyl (C=O) groups is 2. The lowest BCUT2D eigenvalue weighted by Crippen LogP contribution is -2.40. The van der Waals surface area contributed by atoms with Gasteiger partial charge in [0, 0.05) is 30.2 Å². The Bertz CT molecular complexity index is 1010. The molecule has 0 atom stereocenters. The van der Waals surface area contributed by atoms with Gasteiger partial charge in [-0.25, -0.2) is 4.79 Å². The maximum absolute atomic E-state index is 12.5. The Kier molecular flexibility index (Phi) is 5.23. The lowest BCUT2D eigenvalue weighted by atomic mass is 10.2. The number of benzene rings is 1. The van der Waals surface area contributed by atoms with Crippen molar-refractivity contribution in [3.63, 3.8) is 0 Å². The summed E-state index contributed by atoms with van der Waals surface area (Å²) in [5, 5.41) is 0.786. The van der Waals surface area contributed by atoms with Crippen molar-refractivity contribution in [2.24, 2.45) is 0 Å². The van der Waals surface area contributed by atoms with E-state index in [-0.39, 0.29) is 5.91 Å². The number of nitrogens with zero attached hydrogens (tertiary/aromatic N) is 2. The van der Waals surface area contributed by atoms with E-state index in [2.05, 4.69) is 4.98 Å². The van der Waals surface area contributed by atoms with Crippen LogP contribution in [0.1, 0.15) is 20.0 Å². The van der Waals surface area contributed by atoms with E-state index in [9.17, 15) is 9.59 Å². The molecule has 1 fully saturated rings. The summed E-state index contributed by atoms with van der Waals surface area (Å²) in [4.78, 5) is 30.7. The molecule has 0 radical (unpaired) electrons. The van der Waals surface area contributed by atoms with Gasteiger partial charge in [0.2, 0.25) is 0 Å². The predicted molar refractivity (Wildman–Crippen MR) is 104 cm³/mol. The second-order valence-electron chi connectivity index (χ2n) is 6.18. The summed E-state index contributed by atoms with van der Waals surface area (Å²) in [6.45, 7) is 2.34. The molecule has 3 aromatic rings. The Morgan fingerprint density at radius 2 is 1.89 bits per heavy atom. The van der Waals surface area contributed by atoms with E-state index in [1.54, 1.807) is 47.6 Å². The van der Waals surface area contributed by atoms with Crippen molar-refractivity contribution < 1.29 is 23.8 Å². The maximum Gasteiger partial charge on any atom is 0.348 e. The van der Waals surface area contributed by atoms with Crippen LogP contribution in [0.15, 0.2) is 42.7 Å². The standard InChI is InChI=1S/C20H18N2O5S/c1-25-20(24)17-10-15-16(11-21-12-18(15)28-17)27-14-4-2-13(3-5-14)19(23)22-6-8-26-9-7-22/h2-5,10-12H,6-9H2,1H3. The SMILES string of the molecule is COC(=O)c1cc2c(Oc3ccc(C(=O)N4CCOCC4)cc3)cncc2s1. The lowest BCUT2D eigenvalue weighted by molar-refractivity contribution is 0.0303. The second-order valence-corrected chi connectivity index (χ2v) is 7.27. The van der Waals surface area contributed by atoms with Crippen molar-refractivity contribution in [2.75, 3.05) is 33.4 Å². The Hall–Kier alpha value is -2.97. The fourth-order valence-corrected chi connectivity index (χ4v) is 3.92. The number of fused-ring (bicyclic) bond motifs is 1. The highest BCUT2D eigenvalue weighted by molar-refractivity contribution is 7.20. The molecule has 0 N–H and O–H groups in total. The number of pyridine rings is 1. The summed E-state index contributed by atoms with van der Waals surface area (Å²) in [5.74, 6) is 0.715. The minimum atomic E-state index is -0.391. The van der Waals surface area contributed by atoms with Gasteiger partial charge in [-0.1, -0.05) is 0 Å². The van der Waals surface area contributed by atoms with Gasteiger partial charge in [-0.15, -0.1) is 11.3 Å². The monoisotopic (exact) mass is 398 g/mol. The van der Waals surface area contributed by atoms with Crippen LogP contribution in [-0.2, 0) is 9.47 Å². The van der Waals surface area contributed by atoms with Gasteiger partial charge < -0.3 is 19.1 Å². The number of carbonyl (C=O) groups excluding carboxylic acids is 2. The number of ether oxygens (including phenoxy) is 3. The fourth-order valence-electron chi connectivity index (χ4n) is 2.96. The van der Waals surface area contributed by atoms with Crippen LogP contribution in [0.3, 0.4) is 0 Å². The molecule has 7 nitrogen and oxygen atoms in total. The van der Waals surface area contributed by atoms with Crippen molar-refractivity contribution in [1.29, 1.82) is 0 Å². The van der Waals surface area contributed by atoms with E-state index in [1.165, 1.54) is 18.4 Å². The predicted octanol–water partition coefficient (Wildman–Crippen LogP) is 3.35. The zero-order chi connectivity index (χ0) is 19.5. The van der Waals surface area contributed by atoms with E-state index in [0.29, 0.717) is 48.2 Å². The molecular formula is C20H18N2O5S. The molecule has 0 bridgehead atoms. The summed E-state index contributed by atoms with van der Waals surface area (Å²) in [5.41, 5.74) is 0.606. The average molecular weight is 398 g/mol. The third-order valence-electron chi connectivity index (χ3n) is 4.42. The first-order valence-electron chi connectivity index (χ1n) is 8.76. The van der Waals surface area contributed by atoms with Crippen LogP contribution in [0.25, 0.3) is 10.1 Å². The quantitative estimate of drug-likeness (QED) is 0.627. The molecule has 144 valence electrons. The van der Waals surface area contributed by atoms with Crippen molar-refractivity contribution in [2.45, 2.75) is 0 Å². The Morgan fingerprint density at radius 3 is 2.61 bits per heavy atom. The smallest absolute Gasteiger partial charge is 0.348 e. The molecule has 3 heterocycles. The minimum absolute atomic E-state index is 0.0147. The van der Waals surface area contributed by atoms with E-state index in [4.69, 9.17) is 14.2 Å². The van der Waals surface area contributed by atoms with Gasteiger partial charge in [0.25, 0.3) is 5.91 Å². The highest BCUT2D eigenvalue weighted by atomic mass is 32.1. The van der Waals surface area contributed by atoms with Gasteiger partial charge in [-0.2, -0.15) is 0 Å². The van der Waals surface area contributed by atoms with Crippen molar-refractivity contribution in [3.8, 4) is 11.5 Å². The van der Waals surface area contributed by atoms with Gasteiger partial charge in [0.1, 0.15) is 10.6 Å². The molecule has 28 heavy (non-hydrogen) atoms. The molecule has 1 aliphatic heterocycles. The number of hydrogen-bond donors (Lipinski definition) is 0. The maximum atomic E-state index is 12.5. The molecule has 2 aromatic heterocycles. The number of rotatable bonds is 4. The zero-order valence-corrected chi connectivity index (χ0v) is 16.0. The van der Waals surface area contributed by atoms with Crippen LogP contribution in [0, 0.1) is 0 Å². The first-order chi connectivity index (χ1) is 13.7. The number of aromatic nitrogens is 1. The highest BCUT2D eigenvalue weighted by Crippen LogP contribution is 2.34. The van der Waals surface area contributed by atoms with Gasteiger partial charge in [-0.05, 0) is 30.3 Å². The third-order valence-corrected chi connectivity index (χ3v) is 5.47. The van der Waals surface area contributed by atoms with E-state index >= 15 is 0 Å². The number of hydrogen-bond acceptors (Lipinski definition) is 7. The molecule has 1 aromatic carbocycles. The van der Waals surface area contributed by atoms with Gasteiger partial charge in [-0.3, -0.25) is 9.78 Å². The minimum Gasteiger partial charge on any atom is -0.465 e. The zero-order valence-electron chi connectivity index (χ0n) is 15.2. The summed E-state index contributed by atoms with van der Waals surface area (Å²) >= 11 is 1.30. The van der Waals surface area contributed by atoms with E-state index < -0.39 is 5.97 Å². The number of thiophene rings is 1. The first-order valence-corrected chi connectivity index (χ1v) is 9.58. The molecular weight excluding hydrogens is 380 g/mol. The Morgan fingerprint density at radius 1 is 1.14 bits per heavy atom. The number of methoxy groups -OCH3 is 1. The van der Waals surface area contributed by atoms with Crippen molar-refractivity contribution in [1.82, 2.24) is 9.88 Å². The molecule has 4 rings (SSSR count). The van der Waals surface area contributed by atoms with E-state index in [1.807, 2.05) is 0 Å². The number of morpholine rings is 1. The average Bonchev–Trinajstić information content (AvgIpc) is 3.19. The third kappa shape index (κ3) is 3.69. The van der Waals surface area contributed by atoms with Crippen LogP contribution in [0.2, 0.25) is 0 Å². The van der Waals surface area contributed by atoms with E-state index in [0.717, 1.165) is 10.1 Å². The largest absolute Gasteiger partial charge is 0.465 e. The van der Waals surface area contributed by atoms with Crippen LogP contribution >= 0.6 is 11.3 Å². The molecule has 1 saturated heterocycles. The topological polar surface area (TPSA) is 78.0 Å². The van der Waals surface area contributed by atoms with Crippen molar-refractivity contribution >= 4 is 33.3 Å². The van der Waals surface area contributed by atoms with Crippen LogP contribution in [0.4, 0.5) is 0 Å². The van der Waals surface area contributed by atoms with Crippen LogP contribution in [-0.4, -0.2) is 55.2 Å². The number of amides is 1. The van der Waals surface area contributed by atoms with Crippen LogP contribution in [0.5, 0.6) is 11.5 Å². The Balaban J connectivity index is 1.53. The van der Waals surface area contributed by atoms with Crippen molar-refractivity contribution in [3.05, 3.63) is 53.2 Å². The summed E-state index contributed by atoms with van der Waals surface area (Å²) in [7, 11) is 1.35. The highest BCUT2D eigenvalue weighted by Gasteiger charge is 2.19. The fraction of sp³-hybridized carbons (Fsp3) is 0.250. The molecule has 0 saturated carbocycles. The lowest BCUT2D eigenvalue weighted by Gasteiger charge is -2.26. The van der Waals surface area contributed by atoms with Gasteiger partial charge in [0.15, 0.2) is 5.75 Å². The second kappa shape index (κ2) is 7.95. The summed E-state index contributed by atoms with van der Waals surface area (Å²) < 4.78 is 16.8. The molecule has 8 heteroatoms. The Labute approximate surface area is 165 Å². The molecule has 1 amide bonds. The normalized spacial score (nSPS) is 14.1. The summed E-state index contributed by atoms with van der Waals surface area (Å²) in [6, 6.07) is 8.72. The summed E-state index contributed by atoms with van der Waals surface area (Å²) in [6.07, 6.45) is 3.28. The molecule has 0 unspecified atom stereocenters. The van der Waals surface area contributed by atoms with Gasteiger partial charge in [0.05, 0.1) is 31.2 Å². The number of esters is 1. The molecule has 0 aliphatic carbocycles. The molecule has 1 aliphatic rings. The first kappa shape index (κ1) is 18.4.